The average molecular weight is 388 g/mol. The molecule has 1 N–H and O–H groups in total. The maximum absolute atomic E-state index is 13.0. The van der Waals surface area contributed by atoms with Crippen LogP contribution in [0.3, 0.4) is 0 Å². The smallest absolute Gasteiger partial charge is 0.255 e. The molecular weight excluding hydrogens is 362 g/mol. The number of hydrogen-bond acceptors (Lipinski definition) is 5. The minimum Gasteiger partial charge on any atom is -0.354 e. The van der Waals surface area contributed by atoms with E-state index in [1.807, 2.05) is 39.0 Å². The monoisotopic (exact) mass is 387 g/mol. The summed E-state index contributed by atoms with van der Waals surface area (Å²) >= 11 is 0. The number of anilines is 2. The van der Waals surface area contributed by atoms with Crippen LogP contribution in [-0.4, -0.2) is 48.3 Å². The number of rotatable bonds is 5. The maximum Gasteiger partial charge on any atom is 0.255 e. The predicted molar refractivity (Wildman–Crippen MR) is 107 cm³/mol. The highest BCUT2D eigenvalue weighted by Crippen LogP contribution is 2.25. The van der Waals surface area contributed by atoms with Crippen LogP contribution < -0.4 is 5.32 Å². The first-order valence-corrected chi connectivity index (χ1v) is 10.9. The third-order valence-corrected chi connectivity index (χ3v) is 6.74. The fourth-order valence-corrected chi connectivity index (χ4v) is 5.27. The molecule has 1 atom stereocenters. The molecule has 0 radical (unpaired) electrons. The molecule has 1 fully saturated rings. The summed E-state index contributed by atoms with van der Waals surface area (Å²) in [6, 6.07) is 7.56. The van der Waals surface area contributed by atoms with E-state index < -0.39 is 9.84 Å². The minimum absolute atomic E-state index is 0.0420. The van der Waals surface area contributed by atoms with Crippen molar-refractivity contribution in [2.75, 3.05) is 23.4 Å². The largest absolute Gasteiger partial charge is 0.354 e. The van der Waals surface area contributed by atoms with Gasteiger partial charge < -0.3 is 10.2 Å². The molecule has 0 bridgehead atoms. The van der Waals surface area contributed by atoms with Crippen molar-refractivity contribution in [2.45, 2.75) is 33.2 Å². The zero-order chi connectivity index (χ0) is 19.6. The molecule has 0 aliphatic carbocycles. The number of sulfone groups is 1. The Hall–Kier alpha value is -2.41. The second kappa shape index (κ2) is 7.68. The SMILES string of the molecule is CCN(C(=O)c1cncc(Nc2c(C)cccc2C)c1)C1CCS(=O)(=O)C1. The Labute approximate surface area is 160 Å². The molecule has 2 heterocycles. The van der Waals surface area contributed by atoms with Crippen molar-refractivity contribution in [3.8, 4) is 0 Å². The number of benzene rings is 1. The lowest BCUT2D eigenvalue weighted by Gasteiger charge is -2.27. The van der Waals surface area contributed by atoms with Crippen molar-refractivity contribution >= 4 is 27.1 Å². The standard InChI is InChI=1S/C20H25N3O3S/c1-4-23(18-8-9-27(25,26)13-18)20(24)16-10-17(12-21-11-16)22-19-14(2)6-5-7-15(19)3/h5-7,10-12,18,22H,4,8-9,13H2,1-3H3. The average Bonchev–Trinajstić information content (AvgIpc) is 2.99. The number of carbonyl (C=O) groups is 1. The first-order valence-electron chi connectivity index (χ1n) is 9.10. The molecule has 7 heteroatoms. The van der Waals surface area contributed by atoms with Crippen LogP contribution in [0.4, 0.5) is 11.4 Å². The van der Waals surface area contributed by atoms with Gasteiger partial charge in [-0.25, -0.2) is 8.42 Å². The minimum atomic E-state index is -3.05. The van der Waals surface area contributed by atoms with Crippen LogP contribution in [0.2, 0.25) is 0 Å². The van der Waals surface area contributed by atoms with Crippen molar-refractivity contribution < 1.29 is 13.2 Å². The van der Waals surface area contributed by atoms with Gasteiger partial charge in [0, 0.05) is 24.5 Å². The van der Waals surface area contributed by atoms with Gasteiger partial charge in [-0.2, -0.15) is 0 Å². The number of nitrogens with zero attached hydrogens (tertiary/aromatic N) is 2. The van der Waals surface area contributed by atoms with Gasteiger partial charge in [-0.05, 0) is 44.4 Å². The van der Waals surface area contributed by atoms with E-state index in [1.165, 1.54) is 6.20 Å². The number of nitrogens with one attached hydrogen (secondary N) is 1. The molecule has 1 saturated heterocycles. The van der Waals surface area contributed by atoms with Crippen molar-refractivity contribution in [1.82, 2.24) is 9.88 Å². The van der Waals surface area contributed by atoms with E-state index in [1.54, 1.807) is 17.2 Å². The van der Waals surface area contributed by atoms with Gasteiger partial charge >= 0.3 is 0 Å². The van der Waals surface area contributed by atoms with Gasteiger partial charge in [0.25, 0.3) is 5.91 Å². The van der Waals surface area contributed by atoms with Crippen LogP contribution in [0.1, 0.15) is 34.8 Å². The Kier molecular flexibility index (Phi) is 5.51. The number of aromatic nitrogens is 1. The normalized spacial score (nSPS) is 18.3. The highest BCUT2D eigenvalue weighted by molar-refractivity contribution is 7.91. The first-order chi connectivity index (χ1) is 12.8. The van der Waals surface area contributed by atoms with Crippen molar-refractivity contribution in [2.24, 2.45) is 0 Å². The summed E-state index contributed by atoms with van der Waals surface area (Å²) in [5, 5.41) is 3.35. The molecule has 1 aliphatic heterocycles. The second-order valence-electron chi connectivity index (χ2n) is 7.00. The van der Waals surface area contributed by atoms with Gasteiger partial charge in [-0.1, -0.05) is 18.2 Å². The van der Waals surface area contributed by atoms with E-state index in [0.717, 1.165) is 22.5 Å². The Balaban J connectivity index is 1.83. The fourth-order valence-electron chi connectivity index (χ4n) is 3.54. The van der Waals surface area contributed by atoms with Crippen molar-refractivity contribution in [1.29, 1.82) is 0 Å². The van der Waals surface area contributed by atoms with Gasteiger partial charge in [-0.3, -0.25) is 9.78 Å². The van der Waals surface area contributed by atoms with E-state index in [2.05, 4.69) is 10.3 Å². The van der Waals surface area contributed by atoms with E-state index >= 15 is 0 Å². The lowest BCUT2D eigenvalue weighted by Crippen LogP contribution is -2.41. The number of aryl methyl sites for hydroxylation is 2. The molecule has 1 amide bonds. The van der Waals surface area contributed by atoms with E-state index in [4.69, 9.17) is 0 Å². The summed E-state index contributed by atoms with van der Waals surface area (Å²) in [5.41, 5.74) is 4.40. The van der Waals surface area contributed by atoms with Crippen LogP contribution in [0.25, 0.3) is 0 Å². The highest BCUT2D eigenvalue weighted by atomic mass is 32.2. The molecule has 3 rings (SSSR count). The van der Waals surface area contributed by atoms with Crippen LogP contribution >= 0.6 is 0 Å². The maximum atomic E-state index is 13.0. The predicted octanol–water partition coefficient (Wildman–Crippen LogP) is 3.09. The number of hydrogen-bond donors (Lipinski definition) is 1. The van der Waals surface area contributed by atoms with E-state index in [0.29, 0.717) is 18.5 Å². The van der Waals surface area contributed by atoms with Crippen LogP contribution in [0.15, 0.2) is 36.7 Å². The van der Waals surface area contributed by atoms with Crippen LogP contribution in [0, 0.1) is 13.8 Å². The zero-order valence-electron chi connectivity index (χ0n) is 15.9. The van der Waals surface area contributed by atoms with Crippen molar-refractivity contribution in [3.63, 3.8) is 0 Å². The van der Waals surface area contributed by atoms with Crippen LogP contribution in [0.5, 0.6) is 0 Å². The van der Waals surface area contributed by atoms with E-state index in [9.17, 15) is 13.2 Å². The quantitative estimate of drug-likeness (QED) is 0.853. The third-order valence-electron chi connectivity index (χ3n) is 4.99. The van der Waals surface area contributed by atoms with Gasteiger partial charge in [0.1, 0.15) is 0 Å². The molecule has 1 aliphatic rings. The summed E-state index contributed by atoms with van der Waals surface area (Å²) in [7, 11) is -3.05. The topological polar surface area (TPSA) is 79.4 Å². The molecule has 2 aromatic rings. The molecular formula is C20H25N3O3S. The molecule has 0 saturated carbocycles. The molecule has 144 valence electrons. The Morgan fingerprint density at radius 2 is 1.96 bits per heavy atom. The van der Waals surface area contributed by atoms with Crippen LogP contribution in [-0.2, 0) is 9.84 Å². The van der Waals surface area contributed by atoms with Gasteiger partial charge in [0.2, 0.25) is 0 Å². The highest BCUT2D eigenvalue weighted by Gasteiger charge is 2.34. The molecule has 1 unspecified atom stereocenters. The first kappa shape index (κ1) is 19.4. The number of carbonyl (C=O) groups excluding carboxylic acids is 1. The van der Waals surface area contributed by atoms with Crippen molar-refractivity contribution in [3.05, 3.63) is 53.3 Å². The summed E-state index contributed by atoms with van der Waals surface area (Å²) in [5.74, 6) is 0.00560. The Morgan fingerprint density at radius 1 is 1.26 bits per heavy atom. The lowest BCUT2D eigenvalue weighted by molar-refractivity contribution is 0.0708. The lowest BCUT2D eigenvalue weighted by atomic mass is 10.1. The number of para-hydroxylation sites is 1. The van der Waals surface area contributed by atoms with Gasteiger partial charge in [0.05, 0.1) is 29.0 Å². The fraction of sp³-hybridized carbons (Fsp3) is 0.400. The summed E-state index contributed by atoms with van der Waals surface area (Å²) in [6.07, 6.45) is 3.71. The molecule has 27 heavy (non-hydrogen) atoms. The van der Waals surface area contributed by atoms with E-state index in [-0.39, 0.29) is 23.5 Å². The second-order valence-corrected chi connectivity index (χ2v) is 9.23. The third kappa shape index (κ3) is 4.30. The summed E-state index contributed by atoms with van der Waals surface area (Å²) in [6.45, 7) is 6.39. The molecule has 0 spiro atoms. The molecule has 1 aromatic carbocycles. The van der Waals surface area contributed by atoms with Gasteiger partial charge in [0.15, 0.2) is 9.84 Å². The molecule has 1 aromatic heterocycles. The molecule has 6 nitrogen and oxygen atoms in total. The zero-order valence-corrected chi connectivity index (χ0v) is 16.7. The number of amides is 1. The Morgan fingerprint density at radius 3 is 2.56 bits per heavy atom. The summed E-state index contributed by atoms with van der Waals surface area (Å²) in [4.78, 5) is 18.8. The van der Waals surface area contributed by atoms with Gasteiger partial charge in [-0.15, -0.1) is 0 Å². The Bertz CT molecular complexity index is 936. The number of pyridine rings is 1. The summed E-state index contributed by atoms with van der Waals surface area (Å²) < 4.78 is 23.6.